The zero-order valence-corrected chi connectivity index (χ0v) is 11.7. The molecule has 0 spiro atoms. The van der Waals surface area contributed by atoms with Crippen molar-refractivity contribution in [1.29, 1.82) is 0 Å². The number of nitrogens with one attached hydrogen (secondary N) is 1. The average molecular weight is 273 g/mol. The summed E-state index contributed by atoms with van der Waals surface area (Å²) in [7, 11) is 0. The van der Waals surface area contributed by atoms with Crippen LogP contribution in [0, 0.1) is 0 Å². The normalized spacial score (nSPS) is 13.8. The minimum atomic E-state index is -0.891. The number of hydrogen-bond acceptors (Lipinski definition) is 3. The van der Waals surface area contributed by atoms with E-state index in [-0.39, 0.29) is 12.5 Å². The monoisotopic (exact) mass is 273 g/mol. The van der Waals surface area contributed by atoms with Crippen LogP contribution in [0.15, 0.2) is 42.6 Å². The predicted octanol–water partition coefficient (Wildman–Crippen LogP) is 1.76. The lowest BCUT2D eigenvalue weighted by molar-refractivity contribution is 0.0517. The standard InChI is InChI=1S/C15H19N3O2/c1-3-15(2,20)11-16-14(19)13-9-10-18(17-13)12-7-5-4-6-8-12/h4-10,20H,3,11H2,1-2H3,(H,16,19). The summed E-state index contributed by atoms with van der Waals surface area (Å²) in [6, 6.07) is 11.2. The molecular weight excluding hydrogens is 254 g/mol. The van der Waals surface area contributed by atoms with Gasteiger partial charge in [-0.05, 0) is 31.5 Å². The smallest absolute Gasteiger partial charge is 0.271 e. The van der Waals surface area contributed by atoms with Gasteiger partial charge in [0.15, 0.2) is 5.69 Å². The maximum absolute atomic E-state index is 12.0. The molecule has 0 aliphatic heterocycles. The van der Waals surface area contributed by atoms with Crippen molar-refractivity contribution in [2.24, 2.45) is 0 Å². The molecule has 0 radical (unpaired) electrons. The van der Waals surface area contributed by atoms with E-state index in [2.05, 4.69) is 10.4 Å². The van der Waals surface area contributed by atoms with Gasteiger partial charge in [-0.1, -0.05) is 25.1 Å². The molecule has 20 heavy (non-hydrogen) atoms. The minimum Gasteiger partial charge on any atom is -0.388 e. The summed E-state index contributed by atoms with van der Waals surface area (Å²) in [4.78, 5) is 12.0. The Kier molecular flexibility index (Phi) is 4.20. The van der Waals surface area contributed by atoms with Gasteiger partial charge >= 0.3 is 0 Å². The van der Waals surface area contributed by atoms with Gasteiger partial charge in [0.2, 0.25) is 0 Å². The van der Waals surface area contributed by atoms with E-state index in [1.807, 2.05) is 37.3 Å². The zero-order chi connectivity index (χ0) is 14.6. The molecule has 0 saturated heterocycles. The highest BCUT2D eigenvalue weighted by Gasteiger charge is 2.19. The summed E-state index contributed by atoms with van der Waals surface area (Å²) in [5.41, 5.74) is 0.338. The molecule has 5 heteroatoms. The molecule has 0 bridgehead atoms. The van der Waals surface area contributed by atoms with Crippen LogP contribution < -0.4 is 5.32 Å². The summed E-state index contributed by atoms with van der Waals surface area (Å²) in [5, 5.41) is 16.8. The molecule has 1 aromatic carbocycles. The van der Waals surface area contributed by atoms with Crippen LogP contribution in [0.1, 0.15) is 30.8 Å². The second-order valence-corrected chi connectivity index (χ2v) is 5.01. The lowest BCUT2D eigenvalue weighted by Crippen LogP contribution is -2.40. The Labute approximate surface area is 118 Å². The van der Waals surface area contributed by atoms with Gasteiger partial charge in [0.05, 0.1) is 11.3 Å². The molecule has 1 amide bonds. The summed E-state index contributed by atoms with van der Waals surface area (Å²) in [6.45, 7) is 3.77. The first kappa shape index (κ1) is 14.3. The second-order valence-electron chi connectivity index (χ2n) is 5.01. The lowest BCUT2D eigenvalue weighted by atomic mass is 10.0. The van der Waals surface area contributed by atoms with Crippen molar-refractivity contribution < 1.29 is 9.90 Å². The van der Waals surface area contributed by atoms with Gasteiger partial charge in [-0.3, -0.25) is 4.79 Å². The fourth-order valence-corrected chi connectivity index (χ4v) is 1.66. The second kappa shape index (κ2) is 5.88. The summed E-state index contributed by atoms with van der Waals surface area (Å²) in [6.07, 6.45) is 2.31. The van der Waals surface area contributed by atoms with E-state index in [9.17, 15) is 9.90 Å². The minimum absolute atomic E-state index is 0.209. The van der Waals surface area contributed by atoms with Gasteiger partial charge in [0.1, 0.15) is 0 Å². The summed E-state index contributed by atoms with van der Waals surface area (Å²) < 4.78 is 1.65. The van der Waals surface area contributed by atoms with Crippen molar-refractivity contribution in [3.63, 3.8) is 0 Å². The Balaban J connectivity index is 2.04. The number of para-hydroxylation sites is 1. The van der Waals surface area contributed by atoms with Gasteiger partial charge in [0.25, 0.3) is 5.91 Å². The molecule has 2 N–H and O–H groups in total. The Hall–Kier alpha value is -2.14. The van der Waals surface area contributed by atoms with Crippen LogP contribution in [-0.2, 0) is 0 Å². The van der Waals surface area contributed by atoms with Gasteiger partial charge in [0, 0.05) is 12.7 Å². The summed E-state index contributed by atoms with van der Waals surface area (Å²) in [5.74, 6) is -0.284. The molecule has 2 rings (SSSR count). The number of nitrogens with zero attached hydrogens (tertiary/aromatic N) is 2. The molecule has 0 aliphatic carbocycles. The predicted molar refractivity (Wildman–Crippen MR) is 76.8 cm³/mol. The van der Waals surface area contributed by atoms with E-state index in [4.69, 9.17) is 0 Å². The van der Waals surface area contributed by atoms with Crippen molar-refractivity contribution in [3.05, 3.63) is 48.3 Å². The van der Waals surface area contributed by atoms with Crippen molar-refractivity contribution in [3.8, 4) is 5.69 Å². The Morgan fingerprint density at radius 3 is 2.70 bits per heavy atom. The first-order valence-corrected chi connectivity index (χ1v) is 6.63. The number of hydrogen-bond donors (Lipinski definition) is 2. The number of aromatic nitrogens is 2. The van der Waals surface area contributed by atoms with Crippen LogP contribution in [-0.4, -0.2) is 32.9 Å². The highest BCUT2D eigenvalue weighted by atomic mass is 16.3. The Morgan fingerprint density at radius 1 is 1.35 bits per heavy atom. The van der Waals surface area contributed by atoms with Gasteiger partial charge in [-0.15, -0.1) is 0 Å². The molecule has 0 aliphatic rings. The Bertz CT molecular complexity index is 576. The van der Waals surface area contributed by atoms with E-state index in [0.29, 0.717) is 12.1 Å². The van der Waals surface area contributed by atoms with Gasteiger partial charge in [-0.25, -0.2) is 4.68 Å². The molecule has 1 atom stereocenters. The number of aliphatic hydroxyl groups is 1. The highest BCUT2D eigenvalue weighted by molar-refractivity contribution is 5.92. The third kappa shape index (κ3) is 3.45. The van der Waals surface area contributed by atoms with Crippen molar-refractivity contribution in [1.82, 2.24) is 15.1 Å². The first-order valence-electron chi connectivity index (χ1n) is 6.63. The van der Waals surface area contributed by atoms with Crippen LogP contribution in [0.25, 0.3) is 5.69 Å². The topological polar surface area (TPSA) is 67.2 Å². The first-order chi connectivity index (χ1) is 9.52. The molecule has 1 aromatic heterocycles. The molecule has 0 saturated carbocycles. The zero-order valence-electron chi connectivity index (χ0n) is 11.7. The van der Waals surface area contributed by atoms with Crippen molar-refractivity contribution in [2.75, 3.05) is 6.54 Å². The Morgan fingerprint density at radius 2 is 2.05 bits per heavy atom. The van der Waals surface area contributed by atoms with Crippen LogP contribution in [0.2, 0.25) is 0 Å². The fourth-order valence-electron chi connectivity index (χ4n) is 1.66. The van der Waals surface area contributed by atoms with Crippen LogP contribution in [0.3, 0.4) is 0 Å². The van der Waals surface area contributed by atoms with Crippen molar-refractivity contribution in [2.45, 2.75) is 25.9 Å². The number of rotatable bonds is 5. The van der Waals surface area contributed by atoms with Crippen molar-refractivity contribution >= 4 is 5.91 Å². The third-order valence-corrected chi connectivity index (χ3v) is 3.23. The van der Waals surface area contributed by atoms with E-state index in [0.717, 1.165) is 5.69 Å². The summed E-state index contributed by atoms with van der Waals surface area (Å²) >= 11 is 0. The highest BCUT2D eigenvalue weighted by Crippen LogP contribution is 2.08. The number of carbonyl (C=O) groups excluding carboxylic acids is 1. The average Bonchev–Trinajstić information content (AvgIpc) is 2.96. The van der Waals surface area contributed by atoms with E-state index >= 15 is 0 Å². The van der Waals surface area contributed by atoms with Crippen LogP contribution in [0.5, 0.6) is 0 Å². The molecular formula is C15H19N3O2. The molecule has 0 fully saturated rings. The van der Waals surface area contributed by atoms with E-state index in [1.54, 1.807) is 23.9 Å². The molecule has 2 aromatic rings. The van der Waals surface area contributed by atoms with E-state index in [1.165, 1.54) is 0 Å². The van der Waals surface area contributed by atoms with Gasteiger partial charge < -0.3 is 10.4 Å². The maximum atomic E-state index is 12.0. The molecule has 1 heterocycles. The van der Waals surface area contributed by atoms with Gasteiger partial charge in [-0.2, -0.15) is 5.10 Å². The fraction of sp³-hybridized carbons (Fsp3) is 0.333. The molecule has 5 nitrogen and oxygen atoms in total. The molecule has 1 unspecified atom stereocenters. The van der Waals surface area contributed by atoms with Crippen LogP contribution in [0.4, 0.5) is 0 Å². The molecule has 106 valence electrons. The number of amides is 1. The number of carbonyl (C=O) groups is 1. The van der Waals surface area contributed by atoms with E-state index < -0.39 is 5.60 Å². The third-order valence-electron chi connectivity index (χ3n) is 3.23. The van der Waals surface area contributed by atoms with Crippen LogP contribution >= 0.6 is 0 Å². The maximum Gasteiger partial charge on any atom is 0.271 e. The largest absolute Gasteiger partial charge is 0.388 e. The quantitative estimate of drug-likeness (QED) is 0.872. The lowest BCUT2D eigenvalue weighted by Gasteiger charge is -2.21. The SMILES string of the molecule is CCC(C)(O)CNC(=O)c1ccn(-c2ccccc2)n1. The number of benzene rings is 1.